The van der Waals surface area contributed by atoms with E-state index in [-0.39, 0.29) is 11.3 Å². The Balaban J connectivity index is 1.63. The van der Waals surface area contributed by atoms with E-state index >= 15 is 0 Å². The Morgan fingerprint density at radius 2 is 1.71 bits per heavy atom. The summed E-state index contributed by atoms with van der Waals surface area (Å²) in [5.41, 5.74) is 1.50. The second kappa shape index (κ2) is 4.08. The minimum absolute atomic E-state index is 0.133. The van der Waals surface area contributed by atoms with Crippen LogP contribution in [-0.2, 0) is 4.79 Å². The van der Waals surface area contributed by atoms with Gasteiger partial charge in [0.25, 0.3) is 0 Å². The summed E-state index contributed by atoms with van der Waals surface area (Å²) in [7, 11) is 0. The number of hydrogen-bond acceptors (Lipinski definition) is 2. The smallest absolute Gasteiger partial charge is 0.230 e. The zero-order valence-electron chi connectivity index (χ0n) is 13.0. The molecule has 0 radical (unpaired) electrons. The molecule has 0 aliphatic heterocycles. The quantitative estimate of drug-likeness (QED) is 0.891. The monoisotopic (exact) mass is 284 g/mol. The number of amides is 1. The lowest BCUT2D eigenvalue weighted by molar-refractivity contribution is -0.165. The van der Waals surface area contributed by atoms with Crippen molar-refractivity contribution in [2.45, 2.75) is 52.4 Å². The highest BCUT2D eigenvalue weighted by molar-refractivity contribution is 5.95. The van der Waals surface area contributed by atoms with E-state index in [4.69, 9.17) is 0 Å². The van der Waals surface area contributed by atoms with E-state index in [0.717, 1.165) is 30.9 Å². The predicted octanol–water partition coefficient (Wildman–Crippen LogP) is 4.02. The van der Waals surface area contributed by atoms with Gasteiger partial charge in [0, 0.05) is 18.1 Å². The molecular weight excluding hydrogens is 260 g/mol. The third-order valence-electron chi connectivity index (χ3n) is 6.05. The molecule has 0 aromatic carbocycles. The SMILES string of the molecule is CC12CC3CC(C)(C1)CC(C(=O)Nc1ccncc1)(C3)C2. The van der Waals surface area contributed by atoms with Gasteiger partial charge in [-0.15, -0.1) is 0 Å². The zero-order valence-corrected chi connectivity index (χ0v) is 13.0. The number of pyridine rings is 1. The summed E-state index contributed by atoms with van der Waals surface area (Å²) in [5.74, 6) is 0.995. The van der Waals surface area contributed by atoms with Gasteiger partial charge in [-0.05, 0) is 67.4 Å². The van der Waals surface area contributed by atoms with Crippen LogP contribution >= 0.6 is 0 Å². The number of rotatable bonds is 2. The van der Waals surface area contributed by atoms with Gasteiger partial charge in [-0.3, -0.25) is 9.78 Å². The lowest BCUT2D eigenvalue weighted by atomic mass is 9.40. The molecule has 112 valence electrons. The summed E-state index contributed by atoms with van der Waals surface area (Å²) >= 11 is 0. The average Bonchev–Trinajstić information content (AvgIpc) is 2.35. The normalized spacial score (nSPS) is 43.8. The number of anilines is 1. The van der Waals surface area contributed by atoms with Crippen molar-refractivity contribution in [2.75, 3.05) is 5.32 Å². The van der Waals surface area contributed by atoms with Crippen LogP contribution in [0.15, 0.2) is 24.5 Å². The molecule has 5 rings (SSSR count). The maximum Gasteiger partial charge on any atom is 0.230 e. The van der Waals surface area contributed by atoms with E-state index in [1.54, 1.807) is 12.4 Å². The van der Waals surface area contributed by atoms with E-state index in [0.29, 0.717) is 10.8 Å². The molecule has 3 nitrogen and oxygen atoms in total. The van der Waals surface area contributed by atoms with Gasteiger partial charge in [0.05, 0.1) is 5.41 Å². The Morgan fingerprint density at radius 1 is 1.10 bits per heavy atom. The summed E-state index contributed by atoms with van der Waals surface area (Å²) in [6.45, 7) is 4.81. The van der Waals surface area contributed by atoms with Crippen LogP contribution in [0, 0.1) is 22.2 Å². The standard InChI is InChI=1S/C18H24N2O/c1-16-7-13-8-17(2,10-16)12-18(9-13,11-16)15(21)20-14-3-5-19-6-4-14/h3-6,13H,7-12H2,1-2H3,(H,19,20,21). The first kappa shape index (κ1) is 13.3. The molecule has 1 heterocycles. The summed E-state index contributed by atoms with van der Waals surface area (Å²) in [6.07, 6.45) is 10.7. The van der Waals surface area contributed by atoms with Crippen molar-refractivity contribution in [2.24, 2.45) is 22.2 Å². The molecule has 3 heteroatoms. The lowest BCUT2D eigenvalue weighted by Crippen LogP contribution is -2.58. The molecule has 1 N–H and O–H groups in total. The van der Waals surface area contributed by atoms with Crippen LogP contribution in [0.3, 0.4) is 0 Å². The predicted molar refractivity (Wildman–Crippen MR) is 82.7 cm³/mol. The molecule has 1 amide bonds. The first-order valence-electron chi connectivity index (χ1n) is 8.12. The lowest BCUT2D eigenvalue weighted by Gasteiger charge is -2.64. The highest BCUT2D eigenvalue weighted by atomic mass is 16.2. The van der Waals surface area contributed by atoms with Crippen LogP contribution in [0.4, 0.5) is 5.69 Å². The Hall–Kier alpha value is -1.38. The maximum absolute atomic E-state index is 13.0. The number of nitrogens with zero attached hydrogens (tertiary/aromatic N) is 1. The summed E-state index contributed by atoms with van der Waals surface area (Å²) in [6, 6.07) is 3.75. The van der Waals surface area contributed by atoms with Gasteiger partial charge < -0.3 is 5.32 Å². The Morgan fingerprint density at radius 3 is 2.29 bits per heavy atom. The van der Waals surface area contributed by atoms with E-state index in [1.165, 1.54) is 19.3 Å². The third kappa shape index (κ3) is 2.09. The van der Waals surface area contributed by atoms with Gasteiger partial charge in [0.15, 0.2) is 0 Å². The van der Waals surface area contributed by atoms with Gasteiger partial charge in [-0.2, -0.15) is 0 Å². The van der Waals surface area contributed by atoms with Gasteiger partial charge >= 0.3 is 0 Å². The Labute approximate surface area is 126 Å². The van der Waals surface area contributed by atoms with E-state index < -0.39 is 0 Å². The topological polar surface area (TPSA) is 42.0 Å². The Bertz CT molecular complexity index is 564. The van der Waals surface area contributed by atoms with Crippen molar-refractivity contribution in [3.8, 4) is 0 Å². The minimum Gasteiger partial charge on any atom is -0.325 e. The Kier molecular flexibility index (Phi) is 2.59. The zero-order chi connectivity index (χ0) is 14.7. The second-order valence-electron chi connectivity index (χ2n) is 8.60. The van der Waals surface area contributed by atoms with Crippen molar-refractivity contribution in [1.82, 2.24) is 4.98 Å². The van der Waals surface area contributed by atoms with E-state index in [9.17, 15) is 4.79 Å². The average molecular weight is 284 g/mol. The van der Waals surface area contributed by atoms with Crippen molar-refractivity contribution in [3.05, 3.63) is 24.5 Å². The van der Waals surface area contributed by atoms with Crippen LogP contribution in [0.2, 0.25) is 0 Å². The number of nitrogens with one attached hydrogen (secondary N) is 1. The summed E-state index contributed by atoms with van der Waals surface area (Å²) in [4.78, 5) is 17.0. The maximum atomic E-state index is 13.0. The van der Waals surface area contributed by atoms with Crippen molar-refractivity contribution in [3.63, 3.8) is 0 Å². The molecule has 4 saturated carbocycles. The molecule has 4 bridgehead atoms. The van der Waals surface area contributed by atoms with Gasteiger partial charge in [-0.1, -0.05) is 13.8 Å². The molecular formula is C18H24N2O. The third-order valence-corrected chi connectivity index (χ3v) is 6.05. The summed E-state index contributed by atoms with van der Waals surface area (Å²) in [5, 5.41) is 3.15. The number of carbonyl (C=O) groups is 1. The summed E-state index contributed by atoms with van der Waals surface area (Å²) < 4.78 is 0. The molecule has 2 atom stereocenters. The van der Waals surface area contributed by atoms with Crippen molar-refractivity contribution < 1.29 is 4.79 Å². The van der Waals surface area contributed by atoms with Crippen LogP contribution in [0.5, 0.6) is 0 Å². The highest BCUT2D eigenvalue weighted by Gasteiger charge is 2.62. The molecule has 1 aromatic rings. The molecule has 4 fully saturated rings. The molecule has 4 aliphatic carbocycles. The fourth-order valence-corrected chi connectivity index (χ4v) is 6.40. The number of hydrogen-bond donors (Lipinski definition) is 1. The second-order valence-corrected chi connectivity index (χ2v) is 8.60. The van der Waals surface area contributed by atoms with Crippen LogP contribution in [0.25, 0.3) is 0 Å². The fourth-order valence-electron chi connectivity index (χ4n) is 6.40. The first-order valence-corrected chi connectivity index (χ1v) is 8.12. The molecule has 0 spiro atoms. The molecule has 2 unspecified atom stereocenters. The fraction of sp³-hybridized carbons (Fsp3) is 0.667. The first-order chi connectivity index (χ1) is 9.91. The van der Waals surface area contributed by atoms with Crippen LogP contribution in [0.1, 0.15) is 52.4 Å². The van der Waals surface area contributed by atoms with Gasteiger partial charge in [0.2, 0.25) is 5.91 Å². The van der Waals surface area contributed by atoms with E-state index in [2.05, 4.69) is 24.1 Å². The van der Waals surface area contributed by atoms with Crippen molar-refractivity contribution >= 4 is 11.6 Å². The van der Waals surface area contributed by atoms with Crippen LogP contribution in [-0.4, -0.2) is 10.9 Å². The van der Waals surface area contributed by atoms with Crippen LogP contribution < -0.4 is 5.32 Å². The minimum atomic E-state index is -0.133. The van der Waals surface area contributed by atoms with Gasteiger partial charge in [-0.25, -0.2) is 0 Å². The number of aromatic nitrogens is 1. The largest absolute Gasteiger partial charge is 0.325 e. The van der Waals surface area contributed by atoms with Crippen molar-refractivity contribution in [1.29, 1.82) is 0 Å². The molecule has 21 heavy (non-hydrogen) atoms. The highest BCUT2D eigenvalue weighted by Crippen LogP contribution is 2.69. The molecule has 4 aliphatic rings. The molecule has 1 aromatic heterocycles. The van der Waals surface area contributed by atoms with E-state index in [1.807, 2.05) is 12.1 Å². The number of carbonyl (C=O) groups excluding carboxylic acids is 1. The molecule has 0 saturated heterocycles. The van der Waals surface area contributed by atoms with Gasteiger partial charge in [0.1, 0.15) is 0 Å².